The van der Waals surface area contributed by atoms with Crippen molar-refractivity contribution >= 4 is 5.91 Å². The molecule has 1 unspecified atom stereocenters. The smallest absolute Gasteiger partial charge is 0.238 e. The minimum atomic E-state index is -0.660. The summed E-state index contributed by atoms with van der Waals surface area (Å²) >= 11 is 0. The van der Waals surface area contributed by atoms with Gasteiger partial charge in [0.15, 0.2) is 0 Å². The Balaban J connectivity index is 2.08. The summed E-state index contributed by atoms with van der Waals surface area (Å²) in [5, 5.41) is 3.03. The molecule has 18 heavy (non-hydrogen) atoms. The highest BCUT2D eigenvalue weighted by Gasteiger charge is 2.32. The van der Waals surface area contributed by atoms with Crippen molar-refractivity contribution in [3.63, 3.8) is 0 Å². The standard InChI is InChI=1S/C14H21N3O/c1-14(16-2,13(15)18)10-17-8-7-11-5-3-4-6-12(11)9-17/h3-6,16H,7-10H2,1-2H3,(H2,15,18). The van der Waals surface area contributed by atoms with E-state index in [0.717, 1.165) is 19.5 Å². The number of nitrogens with two attached hydrogens (primary N) is 1. The van der Waals surface area contributed by atoms with Crippen molar-refractivity contribution in [2.24, 2.45) is 5.73 Å². The second kappa shape index (κ2) is 5.08. The molecule has 0 aromatic heterocycles. The Hall–Kier alpha value is -1.39. The molecule has 1 aliphatic heterocycles. The molecule has 4 heteroatoms. The molecular formula is C14H21N3O. The fourth-order valence-electron chi connectivity index (χ4n) is 2.42. The van der Waals surface area contributed by atoms with Crippen molar-refractivity contribution in [1.82, 2.24) is 10.2 Å². The molecule has 1 amide bonds. The van der Waals surface area contributed by atoms with Crippen molar-refractivity contribution in [2.75, 3.05) is 20.1 Å². The Morgan fingerprint density at radius 1 is 1.44 bits per heavy atom. The van der Waals surface area contributed by atoms with Gasteiger partial charge in [0.05, 0.1) is 0 Å². The number of benzene rings is 1. The van der Waals surface area contributed by atoms with Gasteiger partial charge >= 0.3 is 0 Å². The van der Waals surface area contributed by atoms with Gasteiger partial charge in [0.1, 0.15) is 5.54 Å². The van der Waals surface area contributed by atoms with E-state index in [-0.39, 0.29) is 5.91 Å². The van der Waals surface area contributed by atoms with E-state index in [1.165, 1.54) is 11.1 Å². The molecule has 0 bridgehead atoms. The number of hydrogen-bond donors (Lipinski definition) is 2. The minimum Gasteiger partial charge on any atom is -0.368 e. The molecule has 98 valence electrons. The van der Waals surface area contributed by atoms with Gasteiger partial charge in [-0.3, -0.25) is 9.69 Å². The number of nitrogens with zero attached hydrogens (tertiary/aromatic N) is 1. The minimum absolute atomic E-state index is 0.302. The number of primary amides is 1. The molecule has 0 aliphatic carbocycles. The maximum atomic E-state index is 11.5. The zero-order chi connectivity index (χ0) is 13.2. The lowest BCUT2D eigenvalue weighted by atomic mass is 9.96. The van der Waals surface area contributed by atoms with Gasteiger partial charge in [-0.2, -0.15) is 0 Å². The number of carbonyl (C=O) groups excluding carboxylic acids is 1. The van der Waals surface area contributed by atoms with Gasteiger partial charge < -0.3 is 11.1 Å². The average Bonchev–Trinajstić information content (AvgIpc) is 2.38. The highest BCUT2D eigenvalue weighted by atomic mass is 16.1. The maximum Gasteiger partial charge on any atom is 0.238 e. The van der Waals surface area contributed by atoms with Gasteiger partial charge in [-0.1, -0.05) is 24.3 Å². The quantitative estimate of drug-likeness (QED) is 0.815. The number of fused-ring (bicyclic) bond motifs is 1. The summed E-state index contributed by atoms with van der Waals surface area (Å²) in [6.07, 6.45) is 1.04. The van der Waals surface area contributed by atoms with Crippen LogP contribution in [0.15, 0.2) is 24.3 Å². The summed E-state index contributed by atoms with van der Waals surface area (Å²) in [4.78, 5) is 13.8. The Labute approximate surface area is 108 Å². The molecule has 1 aromatic rings. The first-order valence-corrected chi connectivity index (χ1v) is 6.33. The van der Waals surface area contributed by atoms with Gasteiger partial charge in [-0.05, 0) is 31.5 Å². The molecule has 1 atom stereocenters. The monoisotopic (exact) mass is 247 g/mol. The Morgan fingerprint density at radius 2 is 2.11 bits per heavy atom. The van der Waals surface area contributed by atoms with E-state index >= 15 is 0 Å². The normalized spacial score (nSPS) is 19.0. The molecule has 0 fully saturated rings. The third kappa shape index (κ3) is 2.54. The van der Waals surface area contributed by atoms with E-state index in [9.17, 15) is 4.79 Å². The van der Waals surface area contributed by atoms with E-state index in [0.29, 0.717) is 6.54 Å². The Bertz CT molecular complexity index is 446. The summed E-state index contributed by atoms with van der Waals surface area (Å²) in [5.74, 6) is -0.302. The van der Waals surface area contributed by atoms with Crippen LogP contribution < -0.4 is 11.1 Å². The van der Waals surface area contributed by atoms with Crippen LogP contribution in [0.25, 0.3) is 0 Å². The predicted molar refractivity (Wildman–Crippen MR) is 72.1 cm³/mol. The molecule has 2 rings (SSSR count). The lowest BCUT2D eigenvalue weighted by molar-refractivity contribution is -0.124. The van der Waals surface area contributed by atoms with Crippen LogP contribution in [0, 0.1) is 0 Å². The van der Waals surface area contributed by atoms with E-state index < -0.39 is 5.54 Å². The van der Waals surface area contributed by atoms with Gasteiger partial charge in [-0.15, -0.1) is 0 Å². The van der Waals surface area contributed by atoms with Crippen LogP contribution in [-0.4, -0.2) is 36.5 Å². The fourth-order valence-corrected chi connectivity index (χ4v) is 2.42. The summed E-state index contributed by atoms with van der Waals surface area (Å²) in [5.41, 5.74) is 7.57. The summed E-state index contributed by atoms with van der Waals surface area (Å²) < 4.78 is 0. The second-order valence-corrected chi connectivity index (χ2v) is 5.18. The fraction of sp³-hybridized carbons (Fsp3) is 0.500. The lowest BCUT2D eigenvalue weighted by Gasteiger charge is -2.35. The molecule has 0 saturated heterocycles. The number of likely N-dealkylation sites (N-methyl/N-ethyl adjacent to an activating group) is 1. The molecule has 0 saturated carbocycles. The summed E-state index contributed by atoms with van der Waals surface area (Å²) in [6.45, 7) is 4.37. The highest BCUT2D eigenvalue weighted by molar-refractivity contribution is 5.84. The SMILES string of the molecule is CNC(C)(CN1CCc2ccccc2C1)C(N)=O. The largest absolute Gasteiger partial charge is 0.368 e. The highest BCUT2D eigenvalue weighted by Crippen LogP contribution is 2.20. The van der Waals surface area contributed by atoms with Gasteiger partial charge in [-0.25, -0.2) is 0 Å². The van der Waals surface area contributed by atoms with Gasteiger partial charge in [0.2, 0.25) is 5.91 Å². The Morgan fingerprint density at radius 3 is 2.72 bits per heavy atom. The van der Waals surface area contributed by atoms with Crippen LogP contribution in [-0.2, 0) is 17.8 Å². The molecule has 1 heterocycles. The summed E-state index contributed by atoms with van der Waals surface area (Å²) in [7, 11) is 1.78. The first-order valence-electron chi connectivity index (χ1n) is 6.33. The number of nitrogens with one attached hydrogen (secondary N) is 1. The first-order chi connectivity index (χ1) is 8.55. The van der Waals surface area contributed by atoms with Crippen LogP contribution in [0.1, 0.15) is 18.1 Å². The number of hydrogen-bond acceptors (Lipinski definition) is 3. The molecule has 0 radical (unpaired) electrons. The van der Waals surface area contributed by atoms with E-state index in [1.807, 2.05) is 6.92 Å². The Kier molecular flexibility index (Phi) is 3.68. The number of rotatable bonds is 4. The lowest BCUT2D eigenvalue weighted by Crippen LogP contribution is -2.58. The second-order valence-electron chi connectivity index (χ2n) is 5.18. The molecule has 0 spiro atoms. The van der Waals surface area contributed by atoms with Crippen molar-refractivity contribution in [3.8, 4) is 0 Å². The van der Waals surface area contributed by atoms with Gasteiger partial charge in [0, 0.05) is 19.6 Å². The van der Waals surface area contributed by atoms with Crippen LogP contribution >= 0.6 is 0 Å². The van der Waals surface area contributed by atoms with E-state index in [2.05, 4.69) is 34.5 Å². The molecule has 4 nitrogen and oxygen atoms in total. The van der Waals surface area contributed by atoms with Crippen LogP contribution in [0.5, 0.6) is 0 Å². The van der Waals surface area contributed by atoms with Crippen molar-refractivity contribution < 1.29 is 4.79 Å². The van der Waals surface area contributed by atoms with Crippen molar-refractivity contribution in [1.29, 1.82) is 0 Å². The van der Waals surface area contributed by atoms with Crippen LogP contribution in [0.3, 0.4) is 0 Å². The van der Waals surface area contributed by atoms with Crippen molar-refractivity contribution in [3.05, 3.63) is 35.4 Å². The van der Waals surface area contributed by atoms with Crippen LogP contribution in [0.4, 0.5) is 0 Å². The van der Waals surface area contributed by atoms with E-state index in [1.54, 1.807) is 7.05 Å². The molecule has 1 aromatic carbocycles. The van der Waals surface area contributed by atoms with Crippen molar-refractivity contribution in [2.45, 2.75) is 25.4 Å². The topological polar surface area (TPSA) is 58.4 Å². The first kappa shape index (κ1) is 13.1. The third-order valence-corrected chi connectivity index (χ3v) is 3.85. The average molecular weight is 247 g/mol. The maximum absolute atomic E-state index is 11.5. The van der Waals surface area contributed by atoms with Gasteiger partial charge in [0.25, 0.3) is 0 Å². The molecule has 3 N–H and O–H groups in total. The number of carbonyl (C=O) groups is 1. The molecule has 1 aliphatic rings. The molecular weight excluding hydrogens is 226 g/mol. The summed E-state index contributed by atoms with van der Waals surface area (Å²) in [6, 6.07) is 8.48. The number of amides is 1. The van der Waals surface area contributed by atoms with E-state index in [4.69, 9.17) is 5.73 Å². The van der Waals surface area contributed by atoms with Crippen LogP contribution in [0.2, 0.25) is 0 Å². The third-order valence-electron chi connectivity index (χ3n) is 3.85. The predicted octanol–water partition coefficient (Wildman–Crippen LogP) is 0.508. The zero-order valence-corrected chi connectivity index (χ0v) is 11.1. The zero-order valence-electron chi connectivity index (χ0n) is 11.1.